The number of halogens is 1. The van der Waals surface area contributed by atoms with Crippen LogP contribution in [0.2, 0.25) is 0 Å². The van der Waals surface area contributed by atoms with Crippen LogP contribution < -0.4 is 16.2 Å². The Hall–Kier alpha value is -1.37. The second kappa shape index (κ2) is 8.04. The molecule has 0 radical (unpaired) electrons. The lowest BCUT2D eigenvalue weighted by atomic mass is 10.3. The number of hydrogen-bond donors (Lipinski definition) is 2. The van der Waals surface area contributed by atoms with Gasteiger partial charge in [-0.1, -0.05) is 13.3 Å². The SMILES string of the molecule is CCCCn1ncc(NCC(=O)NC(C)C)c(Br)c1=O. The van der Waals surface area contributed by atoms with Crippen LogP contribution in [0.15, 0.2) is 15.5 Å². The highest BCUT2D eigenvalue weighted by atomic mass is 79.9. The third kappa shape index (κ3) is 4.96. The first kappa shape index (κ1) is 16.7. The molecule has 1 aromatic heterocycles. The minimum atomic E-state index is -0.187. The molecule has 0 aliphatic rings. The quantitative estimate of drug-likeness (QED) is 0.789. The van der Waals surface area contributed by atoms with Crippen LogP contribution in [0.4, 0.5) is 5.69 Å². The highest BCUT2D eigenvalue weighted by molar-refractivity contribution is 9.10. The predicted octanol–water partition coefficient (Wildman–Crippen LogP) is 1.74. The smallest absolute Gasteiger partial charge is 0.283 e. The third-order valence-electron chi connectivity index (χ3n) is 2.60. The second-order valence-electron chi connectivity index (χ2n) is 4.83. The maximum absolute atomic E-state index is 12.0. The number of unbranched alkanes of at least 4 members (excludes halogenated alkanes) is 1. The Balaban J connectivity index is 2.70. The molecule has 0 saturated heterocycles. The monoisotopic (exact) mass is 344 g/mol. The van der Waals surface area contributed by atoms with Crippen molar-refractivity contribution in [3.05, 3.63) is 21.0 Å². The van der Waals surface area contributed by atoms with Crippen molar-refractivity contribution in [2.45, 2.75) is 46.2 Å². The van der Waals surface area contributed by atoms with Crippen molar-refractivity contribution < 1.29 is 4.79 Å². The Kier molecular flexibility index (Phi) is 6.70. The Bertz CT molecular complexity index is 514. The largest absolute Gasteiger partial charge is 0.374 e. The molecule has 0 fully saturated rings. The first-order chi connectivity index (χ1) is 9.45. The highest BCUT2D eigenvalue weighted by Crippen LogP contribution is 2.15. The second-order valence-corrected chi connectivity index (χ2v) is 5.62. The van der Waals surface area contributed by atoms with Crippen LogP contribution in [-0.4, -0.2) is 28.3 Å². The Morgan fingerprint density at radius 1 is 1.50 bits per heavy atom. The van der Waals surface area contributed by atoms with E-state index in [-0.39, 0.29) is 24.1 Å². The third-order valence-corrected chi connectivity index (χ3v) is 3.36. The average Bonchev–Trinajstić information content (AvgIpc) is 2.38. The Morgan fingerprint density at radius 3 is 2.80 bits per heavy atom. The molecular weight excluding hydrogens is 324 g/mol. The number of carbonyl (C=O) groups excluding carboxylic acids is 1. The van der Waals surface area contributed by atoms with Crippen molar-refractivity contribution in [3.8, 4) is 0 Å². The zero-order chi connectivity index (χ0) is 15.1. The summed E-state index contributed by atoms with van der Waals surface area (Å²) >= 11 is 3.26. The van der Waals surface area contributed by atoms with Crippen LogP contribution in [0, 0.1) is 0 Å². The number of carbonyl (C=O) groups is 1. The number of anilines is 1. The van der Waals surface area contributed by atoms with Crippen LogP contribution in [0.1, 0.15) is 33.6 Å². The van der Waals surface area contributed by atoms with Crippen LogP contribution in [0.3, 0.4) is 0 Å². The van der Waals surface area contributed by atoms with E-state index < -0.39 is 0 Å². The van der Waals surface area contributed by atoms with Gasteiger partial charge in [0.2, 0.25) is 5.91 Å². The maximum atomic E-state index is 12.0. The summed E-state index contributed by atoms with van der Waals surface area (Å²) in [6.45, 7) is 6.55. The van der Waals surface area contributed by atoms with E-state index >= 15 is 0 Å². The summed E-state index contributed by atoms with van der Waals surface area (Å²) in [6.07, 6.45) is 3.47. The van der Waals surface area contributed by atoms with Gasteiger partial charge in [-0.3, -0.25) is 9.59 Å². The van der Waals surface area contributed by atoms with Crippen molar-refractivity contribution in [2.24, 2.45) is 0 Å². The van der Waals surface area contributed by atoms with E-state index in [0.29, 0.717) is 16.7 Å². The molecule has 112 valence electrons. The summed E-state index contributed by atoms with van der Waals surface area (Å²) in [5, 5.41) is 9.77. The van der Waals surface area contributed by atoms with E-state index in [0.717, 1.165) is 12.8 Å². The van der Waals surface area contributed by atoms with Gasteiger partial charge in [-0.25, -0.2) is 4.68 Å². The maximum Gasteiger partial charge on any atom is 0.283 e. The van der Waals surface area contributed by atoms with E-state index in [4.69, 9.17) is 0 Å². The standard InChI is InChI=1S/C13H21BrN4O2/c1-4-5-6-18-13(20)12(14)10(7-16-18)15-8-11(19)17-9(2)3/h7,9,15H,4-6,8H2,1-3H3,(H,17,19). The van der Waals surface area contributed by atoms with Crippen LogP contribution in [-0.2, 0) is 11.3 Å². The number of nitrogens with zero attached hydrogens (tertiary/aromatic N) is 2. The molecule has 0 saturated carbocycles. The average molecular weight is 345 g/mol. The molecule has 20 heavy (non-hydrogen) atoms. The predicted molar refractivity (Wildman–Crippen MR) is 82.9 cm³/mol. The van der Waals surface area contributed by atoms with Gasteiger partial charge >= 0.3 is 0 Å². The number of aryl methyl sites for hydroxylation is 1. The summed E-state index contributed by atoms with van der Waals surface area (Å²) in [5.74, 6) is -0.123. The lowest BCUT2D eigenvalue weighted by Gasteiger charge is -2.12. The molecule has 1 heterocycles. The molecular formula is C13H21BrN4O2. The molecule has 1 amide bonds. The first-order valence-electron chi connectivity index (χ1n) is 6.74. The van der Waals surface area contributed by atoms with Gasteiger partial charge in [0, 0.05) is 12.6 Å². The van der Waals surface area contributed by atoms with Gasteiger partial charge < -0.3 is 10.6 Å². The Morgan fingerprint density at radius 2 is 2.20 bits per heavy atom. The molecule has 0 unspecified atom stereocenters. The van der Waals surface area contributed by atoms with Gasteiger partial charge in [0.25, 0.3) is 5.56 Å². The van der Waals surface area contributed by atoms with Crippen LogP contribution in [0.25, 0.3) is 0 Å². The molecule has 0 atom stereocenters. The van der Waals surface area contributed by atoms with Gasteiger partial charge in [0.15, 0.2) is 0 Å². The molecule has 1 aromatic rings. The minimum absolute atomic E-state index is 0.0907. The fourth-order valence-corrected chi connectivity index (χ4v) is 2.05. The van der Waals surface area contributed by atoms with E-state index in [1.807, 2.05) is 13.8 Å². The van der Waals surface area contributed by atoms with Crippen molar-refractivity contribution in [1.82, 2.24) is 15.1 Å². The van der Waals surface area contributed by atoms with Gasteiger partial charge in [-0.15, -0.1) is 0 Å². The van der Waals surface area contributed by atoms with E-state index in [9.17, 15) is 9.59 Å². The number of hydrogen-bond acceptors (Lipinski definition) is 4. The summed E-state index contributed by atoms with van der Waals surface area (Å²) in [4.78, 5) is 23.6. The summed E-state index contributed by atoms with van der Waals surface area (Å²) in [5.41, 5.74) is 0.342. The lowest BCUT2D eigenvalue weighted by Crippen LogP contribution is -2.35. The summed E-state index contributed by atoms with van der Waals surface area (Å²) in [7, 11) is 0. The van der Waals surface area contributed by atoms with Gasteiger partial charge in [0.1, 0.15) is 4.47 Å². The van der Waals surface area contributed by atoms with Gasteiger partial charge in [-0.05, 0) is 36.2 Å². The van der Waals surface area contributed by atoms with Crippen molar-refractivity contribution in [1.29, 1.82) is 0 Å². The molecule has 1 rings (SSSR count). The van der Waals surface area contributed by atoms with Crippen LogP contribution in [0.5, 0.6) is 0 Å². The van der Waals surface area contributed by atoms with Crippen molar-refractivity contribution in [3.63, 3.8) is 0 Å². The lowest BCUT2D eigenvalue weighted by molar-refractivity contribution is -0.119. The van der Waals surface area contributed by atoms with E-state index in [2.05, 4.69) is 38.6 Å². The molecule has 2 N–H and O–H groups in total. The number of aromatic nitrogens is 2. The van der Waals surface area contributed by atoms with E-state index in [1.165, 1.54) is 4.68 Å². The van der Waals surface area contributed by atoms with Gasteiger partial charge in [0.05, 0.1) is 18.4 Å². The van der Waals surface area contributed by atoms with Gasteiger partial charge in [-0.2, -0.15) is 5.10 Å². The molecule has 0 aliphatic heterocycles. The molecule has 6 nitrogen and oxygen atoms in total. The molecule has 0 bridgehead atoms. The van der Waals surface area contributed by atoms with E-state index in [1.54, 1.807) is 6.20 Å². The zero-order valence-electron chi connectivity index (χ0n) is 12.1. The molecule has 7 heteroatoms. The highest BCUT2D eigenvalue weighted by Gasteiger charge is 2.10. The normalized spacial score (nSPS) is 10.7. The minimum Gasteiger partial charge on any atom is -0.374 e. The fourth-order valence-electron chi connectivity index (χ4n) is 1.60. The Labute approximate surface area is 127 Å². The summed E-state index contributed by atoms with van der Waals surface area (Å²) < 4.78 is 1.83. The molecule has 0 aliphatic carbocycles. The number of rotatable bonds is 7. The molecule has 0 spiro atoms. The fraction of sp³-hybridized carbons (Fsp3) is 0.615. The first-order valence-corrected chi connectivity index (χ1v) is 7.53. The van der Waals surface area contributed by atoms with Crippen molar-refractivity contribution in [2.75, 3.05) is 11.9 Å². The molecule has 0 aromatic carbocycles. The van der Waals surface area contributed by atoms with Crippen molar-refractivity contribution >= 4 is 27.5 Å². The zero-order valence-corrected chi connectivity index (χ0v) is 13.7. The van der Waals surface area contributed by atoms with Crippen LogP contribution >= 0.6 is 15.9 Å². The topological polar surface area (TPSA) is 76.0 Å². The summed E-state index contributed by atoms with van der Waals surface area (Å²) in [6, 6.07) is 0.0907. The number of amides is 1. The number of nitrogens with one attached hydrogen (secondary N) is 2.